The minimum absolute atomic E-state index is 0.0120. The second-order valence-electron chi connectivity index (χ2n) is 4.11. The zero-order valence-electron chi connectivity index (χ0n) is 10.1. The van der Waals surface area contributed by atoms with Gasteiger partial charge in [-0.1, -0.05) is 23.7 Å². The van der Waals surface area contributed by atoms with E-state index in [1.54, 1.807) is 11.8 Å². The van der Waals surface area contributed by atoms with E-state index in [4.69, 9.17) is 17.3 Å². The van der Waals surface area contributed by atoms with E-state index in [1.807, 2.05) is 49.5 Å². The van der Waals surface area contributed by atoms with Crippen LogP contribution in [-0.2, 0) is 0 Å². The molecule has 1 aromatic heterocycles. The average Bonchev–Trinajstić information content (AvgIpc) is 2.37. The van der Waals surface area contributed by atoms with Crippen molar-refractivity contribution in [1.82, 2.24) is 4.98 Å². The lowest BCUT2D eigenvalue weighted by molar-refractivity contribution is 0.822. The Morgan fingerprint density at radius 1 is 1.33 bits per heavy atom. The van der Waals surface area contributed by atoms with Gasteiger partial charge in [-0.05, 0) is 36.8 Å². The highest BCUT2D eigenvalue weighted by Crippen LogP contribution is 2.25. The van der Waals surface area contributed by atoms with Gasteiger partial charge in [0.1, 0.15) is 0 Å². The van der Waals surface area contributed by atoms with Gasteiger partial charge in [0.05, 0.1) is 0 Å². The summed E-state index contributed by atoms with van der Waals surface area (Å²) in [6.45, 7) is 1.97. The third-order valence-corrected chi connectivity index (χ3v) is 3.94. The summed E-state index contributed by atoms with van der Waals surface area (Å²) in [7, 11) is 0. The molecule has 2 nitrogen and oxygen atoms in total. The number of pyridine rings is 1. The number of aromatic nitrogens is 1. The van der Waals surface area contributed by atoms with Crippen LogP contribution in [0.2, 0.25) is 5.02 Å². The van der Waals surface area contributed by atoms with Crippen molar-refractivity contribution in [3.05, 3.63) is 58.9 Å². The number of thioether (sulfide) groups is 1. The Bertz CT molecular complexity index is 513. The van der Waals surface area contributed by atoms with Crippen molar-refractivity contribution in [1.29, 1.82) is 0 Å². The molecule has 2 rings (SSSR count). The number of rotatable bonds is 4. The molecule has 0 aliphatic rings. The van der Waals surface area contributed by atoms with E-state index < -0.39 is 0 Å². The van der Waals surface area contributed by atoms with Crippen LogP contribution in [-0.4, -0.2) is 10.7 Å². The zero-order valence-corrected chi connectivity index (χ0v) is 11.7. The lowest BCUT2D eigenvalue weighted by atomic mass is 10.1. The molecule has 0 fully saturated rings. The first-order valence-electron chi connectivity index (χ1n) is 5.71. The normalized spacial score (nSPS) is 12.4. The quantitative estimate of drug-likeness (QED) is 0.864. The number of hydrogen-bond donors (Lipinski definition) is 1. The fourth-order valence-corrected chi connectivity index (χ4v) is 2.74. The molecule has 4 heteroatoms. The molecule has 0 radical (unpaired) electrons. The number of benzene rings is 1. The molecule has 0 saturated heterocycles. The second-order valence-corrected chi connectivity index (χ2v) is 5.64. The van der Waals surface area contributed by atoms with E-state index in [1.165, 1.54) is 0 Å². The van der Waals surface area contributed by atoms with Crippen molar-refractivity contribution in [3.63, 3.8) is 0 Å². The zero-order chi connectivity index (χ0) is 13.0. The summed E-state index contributed by atoms with van der Waals surface area (Å²) >= 11 is 7.64. The topological polar surface area (TPSA) is 38.9 Å². The number of nitrogens with zero attached hydrogens (tertiary/aromatic N) is 1. The Hall–Kier alpha value is -1.03. The number of hydrogen-bond acceptors (Lipinski definition) is 3. The second kappa shape index (κ2) is 6.23. The van der Waals surface area contributed by atoms with Gasteiger partial charge in [-0.3, -0.25) is 4.98 Å². The predicted octanol–water partition coefficient (Wildman–Crippen LogP) is 3.84. The summed E-state index contributed by atoms with van der Waals surface area (Å²) in [5.41, 5.74) is 8.21. The Labute approximate surface area is 117 Å². The van der Waals surface area contributed by atoms with Gasteiger partial charge < -0.3 is 5.73 Å². The van der Waals surface area contributed by atoms with Crippen LogP contribution >= 0.6 is 23.4 Å². The van der Waals surface area contributed by atoms with E-state index in [-0.39, 0.29) is 6.04 Å². The van der Waals surface area contributed by atoms with E-state index in [9.17, 15) is 0 Å². The van der Waals surface area contributed by atoms with E-state index >= 15 is 0 Å². The molecule has 1 atom stereocenters. The molecule has 2 aromatic rings. The number of aryl methyl sites for hydroxylation is 1. The molecule has 1 heterocycles. The first-order valence-corrected chi connectivity index (χ1v) is 7.08. The summed E-state index contributed by atoms with van der Waals surface area (Å²) in [4.78, 5) is 5.40. The first-order chi connectivity index (χ1) is 8.65. The molecule has 1 unspecified atom stereocenters. The van der Waals surface area contributed by atoms with Crippen molar-refractivity contribution in [2.75, 3.05) is 5.75 Å². The number of nitrogens with two attached hydrogens (primary N) is 1. The van der Waals surface area contributed by atoms with E-state index in [0.717, 1.165) is 26.9 Å². The summed E-state index contributed by atoms with van der Waals surface area (Å²) in [5.74, 6) is 0.811. The minimum Gasteiger partial charge on any atom is -0.323 e. The maximum atomic E-state index is 6.14. The van der Waals surface area contributed by atoms with Gasteiger partial charge in [0, 0.05) is 33.6 Å². The van der Waals surface area contributed by atoms with Crippen LogP contribution in [0.3, 0.4) is 0 Å². The largest absolute Gasteiger partial charge is 0.323 e. The van der Waals surface area contributed by atoms with Crippen LogP contribution < -0.4 is 5.73 Å². The molecule has 0 saturated carbocycles. The molecule has 1 aromatic carbocycles. The fraction of sp³-hybridized carbons (Fsp3) is 0.214. The molecule has 0 aliphatic heterocycles. The Morgan fingerprint density at radius 3 is 2.83 bits per heavy atom. The van der Waals surface area contributed by atoms with Crippen molar-refractivity contribution < 1.29 is 0 Å². The molecule has 94 valence electrons. The highest BCUT2D eigenvalue weighted by molar-refractivity contribution is 7.99. The molecule has 0 amide bonds. The Kier molecular flexibility index (Phi) is 4.64. The predicted molar refractivity (Wildman–Crippen MR) is 78.1 cm³/mol. The van der Waals surface area contributed by atoms with Crippen molar-refractivity contribution in [3.8, 4) is 0 Å². The maximum absolute atomic E-state index is 6.14. The van der Waals surface area contributed by atoms with Gasteiger partial charge in [-0.2, -0.15) is 0 Å². The molecule has 2 N–H and O–H groups in total. The monoisotopic (exact) mass is 278 g/mol. The molecular formula is C14H15ClN2S. The van der Waals surface area contributed by atoms with Crippen LogP contribution in [0.15, 0.2) is 47.5 Å². The van der Waals surface area contributed by atoms with Crippen molar-refractivity contribution >= 4 is 23.4 Å². The molecule has 18 heavy (non-hydrogen) atoms. The summed E-state index contributed by atoms with van der Waals surface area (Å²) in [6.07, 6.45) is 1.85. The van der Waals surface area contributed by atoms with Gasteiger partial charge in [0.2, 0.25) is 0 Å². The van der Waals surface area contributed by atoms with Crippen molar-refractivity contribution in [2.45, 2.75) is 17.9 Å². The third-order valence-electron chi connectivity index (χ3n) is 2.59. The maximum Gasteiger partial charge on any atom is 0.0417 e. The number of halogens is 1. The van der Waals surface area contributed by atoms with Crippen LogP contribution in [0.1, 0.15) is 17.3 Å². The smallest absolute Gasteiger partial charge is 0.0417 e. The summed E-state index contributed by atoms with van der Waals surface area (Å²) < 4.78 is 0. The minimum atomic E-state index is -0.0120. The highest BCUT2D eigenvalue weighted by atomic mass is 35.5. The molecule has 0 bridgehead atoms. The van der Waals surface area contributed by atoms with E-state index in [0.29, 0.717) is 0 Å². The fourth-order valence-electron chi connectivity index (χ4n) is 1.54. The van der Waals surface area contributed by atoms with E-state index in [2.05, 4.69) is 4.98 Å². The lowest BCUT2D eigenvalue weighted by Crippen LogP contribution is -2.13. The van der Waals surface area contributed by atoms with Crippen LogP contribution in [0.25, 0.3) is 0 Å². The van der Waals surface area contributed by atoms with Gasteiger partial charge in [-0.15, -0.1) is 11.8 Å². The van der Waals surface area contributed by atoms with Crippen LogP contribution in [0, 0.1) is 6.92 Å². The third kappa shape index (κ3) is 3.73. The van der Waals surface area contributed by atoms with Gasteiger partial charge in [0.15, 0.2) is 0 Å². The highest BCUT2D eigenvalue weighted by Gasteiger charge is 2.07. The molecular weight excluding hydrogens is 264 g/mol. The summed E-state index contributed by atoms with van der Waals surface area (Å²) in [5, 5.41) is 0.755. The van der Waals surface area contributed by atoms with Crippen molar-refractivity contribution in [2.24, 2.45) is 5.73 Å². The lowest BCUT2D eigenvalue weighted by Gasteiger charge is -2.11. The van der Waals surface area contributed by atoms with Gasteiger partial charge >= 0.3 is 0 Å². The summed E-state index contributed by atoms with van der Waals surface area (Å²) in [6, 6.07) is 11.8. The SMILES string of the molecule is Cc1ccc(C(N)CSc2cccc(Cl)c2)cn1. The first kappa shape index (κ1) is 13.4. The standard InChI is InChI=1S/C14H15ClN2S/c1-10-5-6-11(8-17-10)14(16)9-18-13-4-2-3-12(15)7-13/h2-8,14H,9,16H2,1H3. The average molecular weight is 279 g/mol. The van der Waals surface area contributed by atoms with Crippen LogP contribution in [0.5, 0.6) is 0 Å². The molecule has 0 spiro atoms. The van der Waals surface area contributed by atoms with Crippen LogP contribution in [0.4, 0.5) is 0 Å². The Balaban J connectivity index is 1.96. The van der Waals surface area contributed by atoms with Gasteiger partial charge in [0.25, 0.3) is 0 Å². The Morgan fingerprint density at radius 2 is 2.17 bits per heavy atom. The van der Waals surface area contributed by atoms with Gasteiger partial charge in [-0.25, -0.2) is 0 Å². The molecule has 0 aliphatic carbocycles.